The third-order valence-electron chi connectivity index (χ3n) is 4.64. The predicted octanol–water partition coefficient (Wildman–Crippen LogP) is 4.84. The number of phenolic OH excluding ortho intramolecular Hbond substituents is 2. The molecule has 3 nitrogen and oxygen atoms in total. The maximum absolute atomic E-state index is 10.7. The normalized spacial score (nSPS) is 16.8. The Labute approximate surface area is 145 Å². The Morgan fingerprint density at radius 1 is 0.875 bits per heavy atom. The number of benzene rings is 3. The monoisotopic (exact) mass is 340 g/mol. The molecule has 122 valence electrons. The highest BCUT2D eigenvalue weighted by Gasteiger charge is 2.27. The summed E-state index contributed by atoms with van der Waals surface area (Å²) in [4.78, 5) is 0. The Kier molecular flexibility index (Phi) is 3.73. The van der Waals surface area contributed by atoms with Crippen LogP contribution in [0.2, 0.25) is 5.02 Å². The zero-order valence-electron chi connectivity index (χ0n) is 13.0. The number of hydrogen-bond donors (Lipinski definition) is 2. The van der Waals surface area contributed by atoms with Crippen molar-refractivity contribution in [3.63, 3.8) is 0 Å². The summed E-state index contributed by atoms with van der Waals surface area (Å²) >= 11 is 5.90. The molecule has 0 fully saturated rings. The summed E-state index contributed by atoms with van der Waals surface area (Å²) in [6.45, 7) is 0. The van der Waals surface area contributed by atoms with Crippen LogP contribution in [0.25, 0.3) is 10.8 Å². The second-order valence-corrected chi connectivity index (χ2v) is 6.57. The molecule has 24 heavy (non-hydrogen) atoms. The van der Waals surface area contributed by atoms with Gasteiger partial charge in [0.15, 0.2) is 0 Å². The Morgan fingerprint density at radius 3 is 2.17 bits per heavy atom. The summed E-state index contributed by atoms with van der Waals surface area (Å²) in [5, 5.41) is 23.3. The van der Waals surface area contributed by atoms with Gasteiger partial charge >= 0.3 is 0 Å². The minimum Gasteiger partial charge on any atom is -0.507 e. The van der Waals surface area contributed by atoms with Crippen LogP contribution in [0.1, 0.15) is 17.5 Å². The average molecular weight is 341 g/mol. The van der Waals surface area contributed by atoms with Crippen molar-refractivity contribution < 1.29 is 14.9 Å². The van der Waals surface area contributed by atoms with E-state index in [0.29, 0.717) is 28.6 Å². The molecule has 0 aromatic heterocycles. The van der Waals surface area contributed by atoms with Crippen LogP contribution in [0.15, 0.2) is 48.5 Å². The van der Waals surface area contributed by atoms with Gasteiger partial charge in [0.2, 0.25) is 0 Å². The van der Waals surface area contributed by atoms with E-state index in [9.17, 15) is 10.2 Å². The molecule has 4 heteroatoms. The molecule has 0 saturated heterocycles. The quantitative estimate of drug-likeness (QED) is 0.656. The fraction of sp³-hybridized carbons (Fsp3) is 0.200. The third kappa shape index (κ3) is 2.55. The Morgan fingerprint density at radius 2 is 1.50 bits per heavy atom. The van der Waals surface area contributed by atoms with Crippen molar-refractivity contribution in [3.8, 4) is 17.2 Å². The molecule has 0 amide bonds. The fourth-order valence-corrected chi connectivity index (χ4v) is 3.56. The van der Waals surface area contributed by atoms with Crippen molar-refractivity contribution in [2.75, 3.05) is 0 Å². The largest absolute Gasteiger partial charge is 0.507 e. The molecule has 0 aliphatic heterocycles. The van der Waals surface area contributed by atoms with Gasteiger partial charge < -0.3 is 14.9 Å². The van der Waals surface area contributed by atoms with E-state index in [4.69, 9.17) is 16.3 Å². The van der Waals surface area contributed by atoms with E-state index in [-0.39, 0.29) is 17.6 Å². The molecule has 0 spiro atoms. The number of aromatic hydroxyl groups is 2. The third-order valence-corrected chi connectivity index (χ3v) is 4.89. The topological polar surface area (TPSA) is 49.7 Å². The lowest BCUT2D eigenvalue weighted by atomic mass is 9.85. The summed E-state index contributed by atoms with van der Waals surface area (Å²) in [7, 11) is 0. The van der Waals surface area contributed by atoms with E-state index in [1.165, 1.54) is 0 Å². The SMILES string of the molecule is Oc1c2c(c(O)c3ccccc13)CC(Oc1ccc(Cl)cc1)CC2. The van der Waals surface area contributed by atoms with Crippen molar-refractivity contribution in [2.45, 2.75) is 25.4 Å². The van der Waals surface area contributed by atoms with Gasteiger partial charge in [0.25, 0.3) is 0 Å². The molecule has 0 bridgehead atoms. The number of halogens is 1. The van der Waals surface area contributed by atoms with E-state index in [2.05, 4.69) is 0 Å². The van der Waals surface area contributed by atoms with Crippen molar-refractivity contribution in [2.24, 2.45) is 0 Å². The van der Waals surface area contributed by atoms with Gasteiger partial charge in [0.05, 0.1) is 0 Å². The lowest BCUT2D eigenvalue weighted by molar-refractivity contribution is 0.182. The van der Waals surface area contributed by atoms with Crippen LogP contribution < -0.4 is 4.74 Å². The second-order valence-electron chi connectivity index (χ2n) is 6.14. The molecule has 0 radical (unpaired) electrons. The molecule has 3 aromatic rings. The number of ether oxygens (including phenoxy) is 1. The van der Waals surface area contributed by atoms with E-state index < -0.39 is 0 Å². The lowest BCUT2D eigenvalue weighted by Gasteiger charge is -2.27. The molecule has 1 aliphatic rings. The minimum atomic E-state index is -0.0369. The van der Waals surface area contributed by atoms with E-state index in [0.717, 1.165) is 23.3 Å². The summed E-state index contributed by atoms with van der Waals surface area (Å²) in [6, 6.07) is 14.7. The molecule has 3 aromatic carbocycles. The Hall–Kier alpha value is -2.39. The van der Waals surface area contributed by atoms with Gasteiger partial charge in [-0.25, -0.2) is 0 Å². The first-order chi connectivity index (χ1) is 11.6. The lowest BCUT2D eigenvalue weighted by Crippen LogP contribution is -2.25. The molecule has 4 rings (SSSR count). The van der Waals surface area contributed by atoms with Gasteiger partial charge in [0.1, 0.15) is 23.4 Å². The minimum absolute atomic E-state index is 0.0369. The smallest absolute Gasteiger partial charge is 0.127 e. The second kappa shape index (κ2) is 5.91. The van der Waals surface area contributed by atoms with E-state index in [1.807, 2.05) is 36.4 Å². The number of fused-ring (bicyclic) bond motifs is 2. The maximum Gasteiger partial charge on any atom is 0.127 e. The molecular weight excluding hydrogens is 324 g/mol. The van der Waals surface area contributed by atoms with Crippen LogP contribution in [0.5, 0.6) is 17.2 Å². The van der Waals surface area contributed by atoms with Crippen molar-refractivity contribution in [1.29, 1.82) is 0 Å². The van der Waals surface area contributed by atoms with Gasteiger partial charge in [-0.15, -0.1) is 0 Å². The van der Waals surface area contributed by atoms with Crippen LogP contribution in [-0.4, -0.2) is 16.3 Å². The Balaban J connectivity index is 1.68. The van der Waals surface area contributed by atoms with Crippen LogP contribution in [0, 0.1) is 0 Å². The van der Waals surface area contributed by atoms with Crippen LogP contribution in [0.3, 0.4) is 0 Å². The van der Waals surface area contributed by atoms with Crippen LogP contribution >= 0.6 is 11.6 Å². The van der Waals surface area contributed by atoms with Crippen molar-refractivity contribution in [3.05, 3.63) is 64.7 Å². The summed E-state index contributed by atoms with van der Waals surface area (Å²) in [5.41, 5.74) is 1.62. The maximum atomic E-state index is 10.7. The van der Waals surface area contributed by atoms with Gasteiger partial charge in [-0.3, -0.25) is 0 Å². The van der Waals surface area contributed by atoms with Gasteiger partial charge in [0, 0.05) is 33.3 Å². The zero-order valence-corrected chi connectivity index (χ0v) is 13.8. The highest BCUT2D eigenvalue weighted by atomic mass is 35.5. The first-order valence-corrected chi connectivity index (χ1v) is 8.38. The zero-order chi connectivity index (χ0) is 16.7. The van der Waals surface area contributed by atoms with E-state index in [1.54, 1.807) is 12.1 Å². The summed E-state index contributed by atoms with van der Waals surface area (Å²) in [6.07, 6.45) is 2.01. The standard InChI is InChI=1S/C20H17ClO3/c21-12-5-7-13(8-6-12)24-14-9-10-17-18(11-14)20(23)16-4-2-1-3-15(16)19(17)22/h1-8,14,22-23H,9-11H2. The van der Waals surface area contributed by atoms with E-state index >= 15 is 0 Å². The number of phenols is 2. The molecule has 1 unspecified atom stereocenters. The van der Waals surface area contributed by atoms with Crippen molar-refractivity contribution >= 4 is 22.4 Å². The van der Waals surface area contributed by atoms with Gasteiger partial charge in [-0.1, -0.05) is 35.9 Å². The highest BCUT2D eigenvalue weighted by molar-refractivity contribution is 6.30. The van der Waals surface area contributed by atoms with Crippen LogP contribution in [0.4, 0.5) is 0 Å². The molecule has 1 aliphatic carbocycles. The van der Waals surface area contributed by atoms with Gasteiger partial charge in [-0.05, 0) is 37.1 Å². The average Bonchev–Trinajstić information content (AvgIpc) is 2.62. The molecule has 2 N–H and O–H groups in total. The summed E-state index contributed by atoms with van der Waals surface area (Å²) in [5.74, 6) is 1.29. The van der Waals surface area contributed by atoms with Crippen molar-refractivity contribution in [1.82, 2.24) is 0 Å². The van der Waals surface area contributed by atoms with Gasteiger partial charge in [-0.2, -0.15) is 0 Å². The highest BCUT2D eigenvalue weighted by Crippen LogP contribution is 2.43. The molecular formula is C20H17ClO3. The first kappa shape index (κ1) is 15.2. The number of hydrogen-bond acceptors (Lipinski definition) is 3. The summed E-state index contributed by atoms with van der Waals surface area (Å²) < 4.78 is 6.02. The molecule has 1 atom stereocenters. The number of rotatable bonds is 2. The van der Waals surface area contributed by atoms with Crippen LogP contribution in [-0.2, 0) is 12.8 Å². The fourth-order valence-electron chi connectivity index (χ4n) is 3.44. The molecule has 0 heterocycles. The predicted molar refractivity (Wildman–Crippen MR) is 95.2 cm³/mol. The molecule has 0 saturated carbocycles. The first-order valence-electron chi connectivity index (χ1n) is 8.00. The Bertz CT molecular complexity index is 903.